The second kappa shape index (κ2) is 12.0. The van der Waals surface area contributed by atoms with Gasteiger partial charge in [0, 0.05) is 5.56 Å². The molecule has 1 atom stereocenters. The first-order valence-electron chi connectivity index (χ1n) is 13.3. The second-order valence-electron chi connectivity index (χ2n) is 9.35. The first-order valence-corrected chi connectivity index (χ1v) is 14.1. The summed E-state index contributed by atoms with van der Waals surface area (Å²) < 4.78 is 31.5. The molecule has 0 radical (unpaired) electrons. The van der Waals surface area contributed by atoms with Gasteiger partial charge in [0.25, 0.3) is 5.78 Å². The van der Waals surface area contributed by atoms with Crippen LogP contribution in [0.3, 0.4) is 0 Å². The number of ether oxygens (including phenoxy) is 3. The summed E-state index contributed by atoms with van der Waals surface area (Å²) in [7, 11) is 1.50. The van der Waals surface area contributed by atoms with Gasteiger partial charge in [0.1, 0.15) is 17.3 Å². The molecule has 1 aliphatic rings. The number of aliphatic hydroxyl groups excluding tert-OH is 1. The van der Waals surface area contributed by atoms with Gasteiger partial charge in [-0.15, -0.1) is 0 Å². The number of hydrogen-bond donors (Lipinski definition) is 1. The van der Waals surface area contributed by atoms with E-state index in [0.717, 1.165) is 17.5 Å². The molecule has 5 rings (SSSR count). The van der Waals surface area contributed by atoms with Gasteiger partial charge in [0.2, 0.25) is 0 Å². The first kappa shape index (κ1) is 28.1. The van der Waals surface area contributed by atoms with Gasteiger partial charge in [-0.3, -0.25) is 14.5 Å². The number of carbonyl (C=O) groups excluding carboxylic acids is 2. The fourth-order valence-corrected chi connectivity index (χ4v) is 5.68. The number of methoxy groups -OCH3 is 1. The van der Waals surface area contributed by atoms with Crippen LogP contribution in [0.15, 0.2) is 66.2 Å². The summed E-state index contributed by atoms with van der Waals surface area (Å²) in [6, 6.07) is 14.6. The number of benzene rings is 3. The fraction of sp³-hybridized carbons (Fsp3) is 0.258. The molecule has 3 aromatic carbocycles. The summed E-state index contributed by atoms with van der Waals surface area (Å²) in [6.07, 6.45) is 1.83. The van der Waals surface area contributed by atoms with Gasteiger partial charge in [-0.1, -0.05) is 30.7 Å². The predicted octanol–water partition coefficient (Wildman–Crippen LogP) is 6.65. The summed E-state index contributed by atoms with van der Waals surface area (Å²) in [6.45, 7) is 4.95. The average molecular weight is 577 g/mol. The summed E-state index contributed by atoms with van der Waals surface area (Å²) in [5.74, 6) is -1.05. The first-order chi connectivity index (χ1) is 19.9. The molecule has 10 heteroatoms. The van der Waals surface area contributed by atoms with Crippen LogP contribution in [0.1, 0.15) is 43.9 Å². The molecule has 1 aliphatic heterocycles. The Bertz CT molecular complexity index is 1630. The van der Waals surface area contributed by atoms with E-state index in [0.29, 0.717) is 41.5 Å². The van der Waals surface area contributed by atoms with Crippen LogP contribution in [0, 0.1) is 5.82 Å². The van der Waals surface area contributed by atoms with E-state index in [1.807, 2.05) is 13.0 Å². The number of fused-ring (bicyclic) bond motifs is 1. The molecule has 0 aliphatic carbocycles. The van der Waals surface area contributed by atoms with Crippen molar-refractivity contribution in [3.8, 4) is 17.2 Å². The highest BCUT2D eigenvalue weighted by atomic mass is 32.1. The number of carbonyl (C=O) groups is 2. The monoisotopic (exact) mass is 576 g/mol. The zero-order valence-electron chi connectivity index (χ0n) is 22.8. The number of ketones is 1. The van der Waals surface area contributed by atoms with Crippen molar-refractivity contribution in [3.63, 3.8) is 0 Å². The van der Waals surface area contributed by atoms with E-state index in [-0.39, 0.29) is 16.3 Å². The maximum Gasteiger partial charge on any atom is 0.301 e. The molecular weight excluding hydrogens is 547 g/mol. The smallest absolute Gasteiger partial charge is 0.301 e. The molecule has 41 heavy (non-hydrogen) atoms. The zero-order valence-corrected chi connectivity index (χ0v) is 23.7. The number of thiazole rings is 1. The fourth-order valence-electron chi connectivity index (χ4n) is 4.66. The van der Waals surface area contributed by atoms with Gasteiger partial charge in [-0.05, 0) is 73.5 Å². The number of amides is 1. The zero-order chi connectivity index (χ0) is 29.1. The summed E-state index contributed by atoms with van der Waals surface area (Å²) in [5, 5.41) is 11.6. The van der Waals surface area contributed by atoms with Crippen molar-refractivity contribution >= 4 is 44.1 Å². The average Bonchev–Trinajstić information content (AvgIpc) is 3.51. The lowest BCUT2D eigenvalue weighted by Gasteiger charge is -2.24. The number of halogens is 1. The number of rotatable bonds is 10. The third kappa shape index (κ3) is 5.47. The molecule has 0 spiro atoms. The largest absolute Gasteiger partial charge is 0.507 e. The van der Waals surface area contributed by atoms with Crippen molar-refractivity contribution < 1.29 is 33.3 Å². The van der Waals surface area contributed by atoms with E-state index in [1.165, 1.54) is 47.6 Å². The number of Topliss-reactive ketones (excluding diaryl/α,β-unsaturated/α-hetero) is 1. The Balaban J connectivity index is 1.67. The van der Waals surface area contributed by atoms with Crippen molar-refractivity contribution in [2.45, 2.75) is 32.7 Å². The van der Waals surface area contributed by atoms with Gasteiger partial charge in [0.15, 0.2) is 16.6 Å². The molecule has 1 saturated heterocycles. The SMILES string of the molecule is CCCCOc1ccc(C2/C(=C(\O)c3ccc(F)cc3)C(=O)C(=O)N2c2nc3ccc(OCC)cc3s2)cc1OC. The van der Waals surface area contributed by atoms with Gasteiger partial charge in [-0.2, -0.15) is 0 Å². The van der Waals surface area contributed by atoms with Crippen LogP contribution >= 0.6 is 11.3 Å². The Morgan fingerprint density at radius 3 is 2.51 bits per heavy atom. The predicted molar refractivity (Wildman–Crippen MR) is 155 cm³/mol. The summed E-state index contributed by atoms with van der Waals surface area (Å²) in [5.41, 5.74) is 1.19. The quantitative estimate of drug-likeness (QED) is 0.0977. The van der Waals surface area contributed by atoms with Crippen molar-refractivity contribution in [2.75, 3.05) is 25.2 Å². The molecule has 1 N–H and O–H groups in total. The lowest BCUT2D eigenvalue weighted by Crippen LogP contribution is -2.29. The number of aliphatic hydroxyl groups is 1. The maximum absolute atomic E-state index is 13.6. The van der Waals surface area contributed by atoms with Crippen LogP contribution in [0.5, 0.6) is 17.2 Å². The molecule has 4 aromatic rings. The molecule has 8 nitrogen and oxygen atoms in total. The minimum Gasteiger partial charge on any atom is -0.507 e. The van der Waals surface area contributed by atoms with Crippen molar-refractivity contribution in [1.82, 2.24) is 4.98 Å². The molecule has 0 saturated carbocycles. The Hall–Kier alpha value is -4.44. The van der Waals surface area contributed by atoms with E-state index in [1.54, 1.807) is 30.3 Å². The molecular formula is C31H29FN2O6S. The highest BCUT2D eigenvalue weighted by molar-refractivity contribution is 7.22. The lowest BCUT2D eigenvalue weighted by atomic mass is 9.95. The minimum atomic E-state index is -1.04. The summed E-state index contributed by atoms with van der Waals surface area (Å²) in [4.78, 5) is 33.0. The Labute approximate surface area is 240 Å². The Morgan fingerprint density at radius 1 is 1.02 bits per heavy atom. The number of nitrogens with zero attached hydrogens (tertiary/aromatic N) is 2. The number of hydrogen-bond acceptors (Lipinski definition) is 8. The Kier molecular flexibility index (Phi) is 8.21. The van der Waals surface area contributed by atoms with Crippen LogP contribution in [0.2, 0.25) is 0 Å². The molecule has 1 fully saturated rings. The maximum atomic E-state index is 13.6. The number of unbranched alkanes of at least 4 members (excludes halogenated alkanes) is 1. The molecule has 1 amide bonds. The molecule has 0 bridgehead atoms. The van der Waals surface area contributed by atoms with Gasteiger partial charge >= 0.3 is 5.91 Å². The third-order valence-electron chi connectivity index (χ3n) is 6.69. The van der Waals surface area contributed by atoms with Crippen molar-refractivity contribution in [1.29, 1.82) is 0 Å². The van der Waals surface area contributed by atoms with E-state index in [2.05, 4.69) is 11.9 Å². The molecule has 212 valence electrons. The van der Waals surface area contributed by atoms with Crippen molar-refractivity contribution in [3.05, 3.63) is 83.2 Å². The van der Waals surface area contributed by atoms with Crippen LogP contribution in [-0.4, -0.2) is 42.1 Å². The molecule has 2 heterocycles. The van der Waals surface area contributed by atoms with Gasteiger partial charge in [0.05, 0.1) is 42.2 Å². The van der Waals surface area contributed by atoms with E-state index in [4.69, 9.17) is 14.2 Å². The number of anilines is 1. The van der Waals surface area contributed by atoms with Crippen LogP contribution < -0.4 is 19.1 Å². The molecule has 1 unspecified atom stereocenters. The topological polar surface area (TPSA) is 98.2 Å². The van der Waals surface area contributed by atoms with E-state index < -0.39 is 29.3 Å². The van der Waals surface area contributed by atoms with Crippen LogP contribution in [0.25, 0.3) is 16.0 Å². The Morgan fingerprint density at radius 2 is 1.80 bits per heavy atom. The second-order valence-corrected chi connectivity index (χ2v) is 10.4. The van der Waals surface area contributed by atoms with E-state index >= 15 is 0 Å². The lowest BCUT2D eigenvalue weighted by molar-refractivity contribution is -0.132. The van der Waals surface area contributed by atoms with E-state index in [9.17, 15) is 19.1 Å². The molecule has 1 aromatic heterocycles. The van der Waals surface area contributed by atoms with Crippen LogP contribution in [-0.2, 0) is 9.59 Å². The third-order valence-corrected chi connectivity index (χ3v) is 7.70. The highest BCUT2D eigenvalue weighted by Crippen LogP contribution is 2.46. The number of aromatic nitrogens is 1. The van der Waals surface area contributed by atoms with Gasteiger partial charge in [-0.25, -0.2) is 9.37 Å². The highest BCUT2D eigenvalue weighted by Gasteiger charge is 2.48. The van der Waals surface area contributed by atoms with Crippen LogP contribution in [0.4, 0.5) is 9.52 Å². The minimum absolute atomic E-state index is 0.141. The standard InChI is InChI=1S/C31H29FN2O6S/c1-4-6-15-40-23-14-9-19(16-24(23)38-3)27-26(28(35)18-7-10-20(32)11-8-18)29(36)30(37)34(27)31-33-22-13-12-21(39-5-2)17-25(22)41-31/h7-14,16-17,27,35H,4-6,15H2,1-3H3/b28-26+. The van der Waals surface area contributed by atoms with Gasteiger partial charge < -0.3 is 19.3 Å². The summed E-state index contributed by atoms with van der Waals surface area (Å²) >= 11 is 1.23. The van der Waals surface area contributed by atoms with Crippen molar-refractivity contribution in [2.24, 2.45) is 0 Å². The normalized spacial score (nSPS) is 16.4.